The van der Waals surface area contributed by atoms with Crippen LogP contribution >= 0.6 is 15.9 Å². The quantitative estimate of drug-likeness (QED) is 0.470. The van der Waals surface area contributed by atoms with Gasteiger partial charge in [-0.15, -0.1) is 0 Å². The lowest BCUT2D eigenvalue weighted by atomic mass is 10.1. The van der Waals surface area contributed by atoms with Gasteiger partial charge in [-0.1, -0.05) is 48.5 Å². The maximum absolute atomic E-state index is 11.5. The molecule has 4 heteroatoms. The first-order valence-corrected chi connectivity index (χ1v) is 7.52. The van der Waals surface area contributed by atoms with Crippen LogP contribution in [0.25, 0.3) is 0 Å². The Labute approximate surface area is 114 Å². The minimum absolute atomic E-state index is 0.179. The number of hydrogen-bond donors (Lipinski definition) is 1. The van der Waals surface area contributed by atoms with Crippen LogP contribution in [0.1, 0.15) is 51.9 Å². The fourth-order valence-corrected chi connectivity index (χ4v) is 2.10. The van der Waals surface area contributed by atoms with Crippen LogP contribution in [0.2, 0.25) is 0 Å². The molecule has 0 bridgehead atoms. The van der Waals surface area contributed by atoms with Gasteiger partial charge in [0.2, 0.25) is 5.91 Å². The van der Waals surface area contributed by atoms with Crippen LogP contribution in [0.4, 0.5) is 0 Å². The summed E-state index contributed by atoms with van der Waals surface area (Å²) in [5, 5.41) is 2.94. The second-order valence-electron chi connectivity index (χ2n) is 4.36. The Balaban J connectivity index is 3.28. The van der Waals surface area contributed by atoms with Gasteiger partial charge < -0.3 is 10.1 Å². The van der Waals surface area contributed by atoms with Gasteiger partial charge in [0.25, 0.3) is 0 Å². The summed E-state index contributed by atoms with van der Waals surface area (Å²) in [6, 6.07) is 0. The van der Waals surface area contributed by atoms with E-state index in [9.17, 15) is 4.79 Å². The number of rotatable bonds is 11. The topological polar surface area (TPSA) is 38.3 Å². The number of alkyl halides is 1. The highest BCUT2D eigenvalue weighted by molar-refractivity contribution is 9.09. The number of unbranched alkanes of at least 4 members (excludes halogenated alkanes) is 4. The van der Waals surface area contributed by atoms with E-state index in [2.05, 4.69) is 28.2 Å². The van der Waals surface area contributed by atoms with Crippen molar-refractivity contribution >= 4 is 21.8 Å². The molecule has 1 unspecified atom stereocenters. The van der Waals surface area contributed by atoms with Crippen LogP contribution in [0.5, 0.6) is 0 Å². The van der Waals surface area contributed by atoms with Gasteiger partial charge in [-0.05, 0) is 12.8 Å². The molecule has 0 rings (SSSR count). The molecule has 1 N–H and O–H groups in total. The lowest BCUT2D eigenvalue weighted by molar-refractivity contribution is -0.121. The molecule has 0 fully saturated rings. The van der Waals surface area contributed by atoms with Gasteiger partial charge in [0.1, 0.15) is 0 Å². The zero-order chi connectivity index (χ0) is 12.9. The third kappa shape index (κ3) is 12.2. The summed E-state index contributed by atoms with van der Waals surface area (Å²) in [5.74, 6) is 0.179. The van der Waals surface area contributed by atoms with E-state index in [1.54, 1.807) is 7.11 Å². The van der Waals surface area contributed by atoms with Crippen LogP contribution < -0.4 is 5.32 Å². The molecular formula is C13H26BrNO2. The molecule has 0 spiro atoms. The van der Waals surface area contributed by atoms with Gasteiger partial charge in [0.15, 0.2) is 0 Å². The third-order valence-electron chi connectivity index (χ3n) is 2.63. The molecule has 0 aliphatic rings. The van der Waals surface area contributed by atoms with Gasteiger partial charge in [0, 0.05) is 24.9 Å². The van der Waals surface area contributed by atoms with Crippen molar-refractivity contribution in [3.05, 3.63) is 0 Å². The molecule has 1 atom stereocenters. The summed E-state index contributed by atoms with van der Waals surface area (Å²) >= 11 is 3.49. The van der Waals surface area contributed by atoms with Crippen molar-refractivity contribution < 1.29 is 9.53 Å². The van der Waals surface area contributed by atoms with Crippen molar-refractivity contribution in [3.8, 4) is 0 Å². The second kappa shape index (κ2) is 12.4. The first-order chi connectivity index (χ1) is 8.20. The van der Waals surface area contributed by atoms with Gasteiger partial charge in [-0.3, -0.25) is 4.79 Å². The largest absolute Gasteiger partial charge is 0.384 e. The average molecular weight is 308 g/mol. The SMILES string of the molecule is CCCCCCCC(=O)NCCC(Br)COC. The van der Waals surface area contributed by atoms with E-state index in [4.69, 9.17) is 4.74 Å². The smallest absolute Gasteiger partial charge is 0.219 e. The number of amides is 1. The van der Waals surface area contributed by atoms with Crippen LogP contribution in [0, 0.1) is 0 Å². The lowest BCUT2D eigenvalue weighted by Gasteiger charge is -2.09. The molecule has 0 aliphatic carbocycles. The molecule has 0 aromatic carbocycles. The maximum Gasteiger partial charge on any atom is 0.219 e. The van der Waals surface area contributed by atoms with Crippen molar-refractivity contribution in [3.63, 3.8) is 0 Å². The Morgan fingerprint density at radius 2 is 2.00 bits per heavy atom. The van der Waals surface area contributed by atoms with Crippen LogP contribution in [-0.2, 0) is 9.53 Å². The Morgan fingerprint density at radius 1 is 1.29 bits per heavy atom. The molecule has 0 heterocycles. The van der Waals surface area contributed by atoms with Crippen molar-refractivity contribution in [2.45, 2.75) is 56.7 Å². The normalized spacial score (nSPS) is 12.4. The van der Waals surface area contributed by atoms with E-state index in [0.29, 0.717) is 17.9 Å². The lowest BCUT2D eigenvalue weighted by Crippen LogP contribution is -2.26. The highest BCUT2D eigenvalue weighted by Gasteiger charge is 2.05. The third-order valence-corrected chi connectivity index (χ3v) is 3.36. The summed E-state index contributed by atoms with van der Waals surface area (Å²) in [4.78, 5) is 11.8. The predicted molar refractivity (Wildman–Crippen MR) is 75.6 cm³/mol. The summed E-state index contributed by atoms with van der Waals surface area (Å²) in [6.07, 6.45) is 7.55. The number of ether oxygens (including phenoxy) is 1. The Kier molecular flexibility index (Phi) is 12.3. The van der Waals surface area contributed by atoms with E-state index >= 15 is 0 Å². The Morgan fingerprint density at radius 3 is 2.65 bits per heavy atom. The molecule has 0 aliphatic heterocycles. The molecule has 3 nitrogen and oxygen atoms in total. The number of carbonyl (C=O) groups is 1. The summed E-state index contributed by atoms with van der Waals surface area (Å²) in [6.45, 7) is 3.61. The van der Waals surface area contributed by atoms with Gasteiger partial charge in [-0.25, -0.2) is 0 Å². The number of carbonyl (C=O) groups excluding carboxylic acids is 1. The van der Waals surface area contributed by atoms with Crippen LogP contribution in [0.3, 0.4) is 0 Å². The standard InChI is InChI=1S/C13H26BrNO2/c1-3-4-5-6-7-8-13(16)15-10-9-12(14)11-17-2/h12H,3-11H2,1-2H3,(H,15,16). The predicted octanol–water partition coefficient (Wildman–Crippen LogP) is 3.26. The van der Waals surface area contributed by atoms with E-state index in [1.165, 1.54) is 25.7 Å². The molecule has 1 amide bonds. The zero-order valence-electron chi connectivity index (χ0n) is 11.1. The summed E-state index contributed by atoms with van der Waals surface area (Å²) < 4.78 is 5.00. The van der Waals surface area contributed by atoms with Crippen molar-refractivity contribution in [2.24, 2.45) is 0 Å². The highest BCUT2D eigenvalue weighted by atomic mass is 79.9. The van der Waals surface area contributed by atoms with E-state index < -0.39 is 0 Å². The fraction of sp³-hybridized carbons (Fsp3) is 0.923. The molecule has 0 saturated heterocycles. The molecule has 0 aromatic heterocycles. The molecule has 0 aromatic rings. The van der Waals surface area contributed by atoms with Gasteiger partial charge >= 0.3 is 0 Å². The molecular weight excluding hydrogens is 282 g/mol. The van der Waals surface area contributed by atoms with Gasteiger partial charge in [-0.2, -0.15) is 0 Å². The number of hydrogen-bond acceptors (Lipinski definition) is 2. The first kappa shape index (κ1) is 16.9. The van der Waals surface area contributed by atoms with E-state index in [-0.39, 0.29) is 5.91 Å². The second-order valence-corrected chi connectivity index (χ2v) is 5.65. The monoisotopic (exact) mass is 307 g/mol. The van der Waals surface area contributed by atoms with Crippen molar-refractivity contribution in [1.82, 2.24) is 5.32 Å². The fourth-order valence-electron chi connectivity index (χ4n) is 1.61. The highest BCUT2D eigenvalue weighted by Crippen LogP contribution is 2.06. The number of nitrogens with one attached hydrogen (secondary N) is 1. The van der Waals surface area contributed by atoms with Crippen molar-refractivity contribution in [1.29, 1.82) is 0 Å². The molecule has 17 heavy (non-hydrogen) atoms. The van der Waals surface area contributed by atoms with Crippen LogP contribution in [-0.4, -0.2) is 31.0 Å². The number of halogens is 1. The molecule has 0 saturated carbocycles. The summed E-state index contributed by atoms with van der Waals surface area (Å²) in [5.41, 5.74) is 0. The molecule has 102 valence electrons. The Hall–Kier alpha value is -0.0900. The maximum atomic E-state index is 11.5. The van der Waals surface area contributed by atoms with E-state index in [0.717, 1.165) is 19.4 Å². The molecule has 0 radical (unpaired) electrons. The van der Waals surface area contributed by atoms with Crippen molar-refractivity contribution in [2.75, 3.05) is 20.3 Å². The number of methoxy groups -OCH3 is 1. The Bertz CT molecular complexity index is 188. The van der Waals surface area contributed by atoms with Crippen LogP contribution in [0.15, 0.2) is 0 Å². The summed E-state index contributed by atoms with van der Waals surface area (Å²) in [7, 11) is 1.68. The average Bonchev–Trinajstić information content (AvgIpc) is 2.29. The zero-order valence-corrected chi connectivity index (χ0v) is 12.7. The van der Waals surface area contributed by atoms with Gasteiger partial charge in [0.05, 0.1) is 6.61 Å². The minimum Gasteiger partial charge on any atom is -0.384 e. The minimum atomic E-state index is 0.179. The van der Waals surface area contributed by atoms with E-state index in [1.807, 2.05) is 0 Å². The first-order valence-electron chi connectivity index (χ1n) is 6.60.